The summed E-state index contributed by atoms with van der Waals surface area (Å²) >= 11 is 13.9. The van der Waals surface area contributed by atoms with Gasteiger partial charge in [0.05, 0.1) is 16.7 Å². The molecule has 0 radical (unpaired) electrons. The minimum atomic E-state index is -0.302. The van der Waals surface area contributed by atoms with Gasteiger partial charge in [-0.25, -0.2) is 9.78 Å². The number of likely N-dealkylation sites (tertiary alicyclic amines) is 1. The molecule has 2 amide bonds. The van der Waals surface area contributed by atoms with Gasteiger partial charge in [0.25, 0.3) is 5.91 Å². The summed E-state index contributed by atoms with van der Waals surface area (Å²) in [6.07, 6.45) is 1.05. The molecule has 0 bridgehead atoms. The van der Waals surface area contributed by atoms with E-state index in [0.717, 1.165) is 4.88 Å². The Morgan fingerprint density at radius 1 is 1.29 bits per heavy atom. The molecule has 3 rings (SSSR count). The van der Waals surface area contributed by atoms with Gasteiger partial charge in [-0.15, -0.1) is 11.3 Å². The maximum atomic E-state index is 12.7. The molecular formula is C19H21Cl2N3O3S. The first kappa shape index (κ1) is 20.9. The fourth-order valence-corrected chi connectivity index (χ4v) is 4.76. The molecule has 1 aromatic heterocycles. The fourth-order valence-electron chi connectivity index (χ4n) is 3.09. The van der Waals surface area contributed by atoms with Crippen molar-refractivity contribution < 1.29 is 14.3 Å². The van der Waals surface area contributed by atoms with E-state index in [1.54, 1.807) is 30.0 Å². The predicted molar refractivity (Wildman–Crippen MR) is 111 cm³/mol. The number of hydrogen-bond donors (Lipinski definition) is 1. The van der Waals surface area contributed by atoms with Crippen LogP contribution in [0.5, 0.6) is 0 Å². The zero-order valence-electron chi connectivity index (χ0n) is 15.6. The number of halogens is 2. The van der Waals surface area contributed by atoms with Gasteiger partial charge in [0.2, 0.25) is 0 Å². The first-order valence-electron chi connectivity index (χ1n) is 9.05. The lowest BCUT2D eigenvalue weighted by Crippen LogP contribution is -2.46. The van der Waals surface area contributed by atoms with E-state index in [-0.39, 0.29) is 18.0 Å². The molecule has 2 aromatic rings. The molecule has 6 nitrogen and oxygen atoms in total. The number of carbonyl (C=O) groups is 2. The third kappa shape index (κ3) is 4.59. The number of nitrogens with one attached hydrogen (secondary N) is 1. The van der Waals surface area contributed by atoms with Crippen LogP contribution in [0.4, 0.5) is 4.79 Å². The van der Waals surface area contributed by atoms with Crippen molar-refractivity contribution in [3.05, 3.63) is 38.8 Å². The largest absolute Gasteiger partial charge is 0.450 e. The Labute approximate surface area is 177 Å². The van der Waals surface area contributed by atoms with E-state index in [2.05, 4.69) is 10.3 Å². The normalized spacial score (nSPS) is 14.8. The standard InChI is InChI=1S/C19H21Cl2N3O3S/c1-3-27-19(26)24-9-7-12(8-10-24)22-17(25)16-11(2)28-18(23-16)15-13(20)5-4-6-14(15)21/h4-6,12H,3,7-10H2,1-2H3,(H,22,25). The van der Waals surface area contributed by atoms with E-state index in [1.807, 2.05) is 6.92 Å². The number of thiazole rings is 1. The van der Waals surface area contributed by atoms with E-state index >= 15 is 0 Å². The van der Waals surface area contributed by atoms with Crippen LogP contribution in [0.2, 0.25) is 10.0 Å². The third-order valence-electron chi connectivity index (χ3n) is 4.54. The summed E-state index contributed by atoms with van der Waals surface area (Å²) in [5, 5.41) is 4.64. The lowest BCUT2D eigenvalue weighted by molar-refractivity contribution is 0.0857. The number of aryl methyl sites for hydroxylation is 1. The number of aromatic nitrogens is 1. The van der Waals surface area contributed by atoms with Gasteiger partial charge in [-0.3, -0.25) is 4.79 Å². The van der Waals surface area contributed by atoms with Gasteiger partial charge < -0.3 is 15.0 Å². The van der Waals surface area contributed by atoms with Crippen LogP contribution in [0.15, 0.2) is 18.2 Å². The molecule has 0 unspecified atom stereocenters. The molecule has 0 spiro atoms. The van der Waals surface area contributed by atoms with E-state index in [4.69, 9.17) is 27.9 Å². The van der Waals surface area contributed by atoms with Crippen molar-refractivity contribution in [2.45, 2.75) is 32.7 Å². The van der Waals surface area contributed by atoms with E-state index in [0.29, 0.717) is 58.8 Å². The van der Waals surface area contributed by atoms with Crippen LogP contribution >= 0.6 is 34.5 Å². The average molecular weight is 442 g/mol. The Hall–Kier alpha value is -1.83. The summed E-state index contributed by atoms with van der Waals surface area (Å²) in [4.78, 5) is 31.5. The molecule has 9 heteroatoms. The van der Waals surface area contributed by atoms with Gasteiger partial charge in [0.1, 0.15) is 10.7 Å². The van der Waals surface area contributed by atoms with Gasteiger partial charge in [-0.1, -0.05) is 29.3 Å². The summed E-state index contributed by atoms with van der Waals surface area (Å²) < 4.78 is 5.02. The number of hydrogen-bond acceptors (Lipinski definition) is 5. The second kappa shape index (κ2) is 9.11. The first-order chi connectivity index (χ1) is 13.4. The Balaban J connectivity index is 1.66. The molecule has 1 aliphatic heterocycles. The molecule has 150 valence electrons. The maximum absolute atomic E-state index is 12.7. The van der Waals surface area contributed by atoms with Crippen LogP contribution in [0.1, 0.15) is 35.1 Å². The average Bonchev–Trinajstić information content (AvgIpc) is 3.04. The number of benzene rings is 1. The Morgan fingerprint density at radius 3 is 2.54 bits per heavy atom. The highest BCUT2D eigenvalue weighted by Gasteiger charge is 2.26. The minimum absolute atomic E-state index is 0.00775. The second-order valence-corrected chi connectivity index (χ2v) is 8.47. The van der Waals surface area contributed by atoms with Gasteiger partial charge in [0.15, 0.2) is 0 Å². The predicted octanol–water partition coefficient (Wildman–Crippen LogP) is 4.78. The monoisotopic (exact) mass is 441 g/mol. The topological polar surface area (TPSA) is 71.5 Å². The molecular weight excluding hydrogens is 421 g/mol. The van der Waals surface area contributed by atoms with Crippen LogP contribution in [-0.2, 0) is 4.74 Å². The molecule has 1 fully saturated rings. The first-order valence-corrected chi connectivity index (χ1v) is 10.6. The van der Waals surface area contributed by atoms with Gasteiger partial charge in [-0.05, 0) is 38.8 Å². The number of carbonyl (C=O) groups excluding carboxylic acids is 2. The van der Waals surface area contributed by atoms with Crippen LogP contribution < -0.4 is 5.32 Å². The molecule has 1 aromatic carbocycles. The van der Waals surface area contributed by atoms with E-state index in [9.17, 15) is 9.59 Å². The van der Waals surface area contributed by atoms with Crippen LogP contribution in [-0.4, -0.2) is 47.6 Å². The lowest BCUT2D eigenvalue weighted by Gasteiger charge is -2.31. The Bertz CT molecular complexity index is 859. The quantitative estimate of drug-likeness (QED) is 0.740. The van der Waals surface area contributed by atoms with Crippen molar-refractivity contribution >= 4 is 46.5 Å². The fraction of sp³-hybridized carbons (Fsp3) is 0.421. The Morgan fingerprint density at radius 2 is 1.93 bits per heavy atom. The highest BCUT2D eigenvalue weighted by molar-refractivity contribution is 7.15. The minimum Gasteiger partial charge on any atom is -0.450 e. The number of nitrogens with zero attached hydrogens (tertiary/aromatic N) is 2. The van der Waals surface area contributed by atoms with Crippen molar-refractivity contribution in [1.29, 1.82) is 0 Å². The molecule has 0 atom stereocenters. The summed E-state index contributed by atoms with van der Waals surface area (Å²) in [5.41, 5.74) is 1.02. The number of rotatable bonds is 4. The van der Waals surface area contributed by atoms with Gasteiger partial charge in [-0.2, -0.15) is 0 Å². The Kier molecular flexibility index (Phi) is 6.80. The number of piperidine rings is 1. The number of amides is 2. The third-order valence-corrected chi connectivity index (χ3v) is 6.16. The van der Waals surface area contributed by atoms with E-state index < -0.39 is 0 Å². The zero-order valence-corrected chi connectivity index (χ0v) is 18.0. The molecule has 28 heavy (non-hydrogen) atoms. The van der Waals surface area contributed by atoms with Crippen molar-refractivity contribution in [3.8, 4) is 10.6 Å². The highest BCUT2D eigenvalue weighted by atomic mass is 35.5. The molecule has 2 heterocycles. The summed E-state index contributed by atoms with van der Waals surface area (Å²) in [6.45, 7) is 5.10. The smallest absolute Gasteiger partial charge is 0.409 e. The van der Waals surface area contributed by atoms with Crippen molar-refractivity contribution in [1.82, 2.24) is 15.2 Å². The summed E-state index contributed by atoms with van der Waals surface area (Å²) in [5.74, 6) is -0.224. The van der Waals surface area contributed by atoms with Gasteiger partial charge in [0, 0.05) is 29.6 Å². The van der Waals surface area contributed by atoms with Crippen LogP contribution in [0.3, 0.4) is 0 Å². The summed E-state index contributed by atoms with van der Waals surface area (Å²) in [6, 6.07) is 5.25. The van der Waals surface area contributed by atoms with Crippen molar-refractivity contribution in [2.75, 3.05) is 19.7 Å². The molecule has 1 saturated heterocycles. The van der Waals surface area contributed by atoms with Crippen molar-refractivity contribution in [2.24, 2.45) is 0 Å². The molecule has 1 aliphatic rings. The van der Waals surface area contributed by atoms with Gasteiger partial charge >= 0.3 is 6.09 Å². The zero-order chi connectivity index (χ0) is 20.3. The lowest BCUT2D eigenvalue weighted by atomic mass is 10.1. The van der Waals surface area contributed by atoms with Crippen molar-refractivity contribution in [3.63, 3.8) is 0 Å². The highest BCUT2D eigenvalue weighted by Crippen LogP contribution is 2.37. The van der Waals surface area contributed by atoms with E-state index in [1.165, 1.54) is 11.3 Å². The SMILES string of the molecule is CCOC(=O)N1CCC(NC(=O)c2nc(-c3c(Cl)cccc3Cl)sc2C)CC1. The maximum Gasteiger partial charge on any atom is 0.409 e. The molecule has 0 saturated carbocycles. The molecule has 0 aliphatic carbocycles. The summed E-state index contributed by atoms with van der Waals surface area (Å²) in [7, 11) is 0. The van der Waals surface area contributed by atoms with Crippen LogP contribution in [0, 0.1) is 6.92 Å². The number of ether oxygens (including phenoxy) is 1. The molecule has 1 N–H and O–H groups in total. The second-order valence-electron chi connectivity index (χ2n) is 6.45. The van der Waals surface area contributed by atoms with Crippen LogP contribution in [0.25, 0.3) is 10.6 Å².